The van der Waals surface area contributed by atoms with E-state index in [0.29, 0.717) is 18.0 Å². The first-order valence-corrected chi connectivity index (χ1v) is 12.3. The number of nitrogens with one attached hydrogen (secondary N) is 1. The zero-order valence-corrected chi connectivity index (χ0v) is 19.2. The Balaban J connectivity index is 1.61. The van der Waals surface area contributed by atoms with Gasteiger partial charge < -0.3 is 14.3 Å². The van der Waals surface area contributed by atoms with Crippen LogP contribution in [0.3, 0.4) is 0 Å². The minimum atomic E-state index is -1.08. The Morgan fingerprint density at radius 3 is 2.62 bits per heavy atom. The second kappa shape index (κ2) is 8.20. The maximum Gasteiger partial charge on any atom is 0.275 e. The number of carbonyl (C=O) groups excluding carboxylic acids is 2. The van der Waals surface area contributed by atoms with Gasteiger partial charge >= 0.3 is 0 Å². The second-order valence-corrected chi connectivity index (χ2v) is 9.62. The third-order valence-electron chi connectivity index (χ3n) is 6.63. The highest BCUT2D eigenvalue weighted by atomic mass is 32.2. The van der Waals surface area contributed by atoms with Crippen molar-refractivity contribution in [2.24, 2.45) is 0 Å². The maximum absolute atomic E-state index is 13.8. The molecule has 0 bridgehead atoms. The van der Waals surface area contributed by atoms with Gasteiger partial charge in [0.2, 0.25) is 5.91 Å². The fourth-order valence-electron chi connectivity index (χ4n) is 4.92. The number of amides is 2. The number of aromatic nitrogens is 1. The Morgan fingerprint density at radius 2 is 1.91 bits per heavy atom. The Kier molecular flexibility index (Phi) is 5.37. The summed E-state index contributed by atoms with van der Waals surface area (Å²) in [6.07, 6.45) is 7.86. The Morgan fingerprint density at radius 1 is 1.12 bits per heavy atom. The molecule has 1 saturated carbocycles. The van der Waals surface area contributed by atoms with Crippen LogP contribution in [0.25, 0.3) is 11.5 Å². The van der Waals surface area contributed by atoms with E-state index in [9.17, 15) is 9.59 Å². The van der Waals surface area contributed by atoms with Crippen molar-refractivity contribution in [3.8, 4) is 11.5 Å². The first kappa shape index (κ1) is 20.9. The summed E-state index contributed by atoms with van der Waals surface area (Å²) >= 11 is 1.61. The molecule has 1 N–H and O–H groups in total. The normalized spacial score (nSPS) is 21.1. The molecule has 2 aromatic heterocycles. The van der Waals surface area contributed by atoms with Gasteiger partial charge in [0.05, 0.1) is 18.5 Å². The fraction of sp³-hybridized carbons (Fsp3) is 0.360. The minimum absolute atomic E-state index is 0.114. The first-order valence-electron chi connectivity index (χ1n) is 11.0. The number of furan rings is 1. The van der Waals surface area contributed by atoms with Gasteiger partial charge in [-0.2, -0.15) is 0 Å². The molecule has 3 heterocycles. The SMILES string of the molecule is CSc1cccc(N2C(=O)c3ccc(-c4ccco4)n3CC2(C)C(=O)NC2CCCC2)c1. The van der Waals surface area contributed by atoms with Crippen LogP contribution in [0, 0.1) is 0 Å². The first-order chi connectivity index (χ1) is 15.5. The number of rotatable bonds is 5. The number of hydrogen-bond donors (Lipinski definition) is 1. The van der Waals surface area contributed by atoms with Gasteiger partial charge in [0.15, 0.2) is 0 Å². The molecular formula is C25H27N3O3S. The summed E-state index contributed by atoms with van der Waals surface area (Å²) in [5.74, 6) is 0.383. The molecule has 1 atom stereocenters. The zero-order valence-electron chi connectivity index (χ0n) is 18.3. The fourth-order valence-corrected chi connectivity index (χ4v) is 5.37. The molecule has 1 unspecified atom stereocenters. The van der Waals surface area contributed by atoms with Gasteiger partial charge in [-0.25, -0.2) is 0 Å². The lowest BCUT2D eigenvalue weighted by Crippen LogP contribution is -2.65. The van der Waals surface area contributed by atoms with E-state index >= 15 is 0 Å². The van der Waals surface area contributed by atoms with Crippen molar-refractivity contribution < 1.29 is 14.0 Å². The lowest BCUT2D eigenvalue weighted by atomic mass is 9.93. The van der Waals surface area contributed by atoms with Crippen LogP contribution >= 0.6 is 11.8 Å². The lowest BCUT2D eigenvalue weighted by molar-refractivity contribution is -0.127. The van der Waals surface area contributed by atoms with Crippen molar-refractivity contribution in [3.05, 3.63) is 60.5 Å². The number of nitrogens with zero attached hydrogens (tertiary/aromatic N) is 2. The molecule has 1 fully saturated rings. The molecular weight excluding hydrogens is 422 g/mol. The van der Waals surface area contributed by atoms with Gasteiger partial charge in [-0.1, -0.05) is 18.9 Å². The number of anilines is 1. The molecule has 6 nitrogen and oxygen atoms in total. The van der Waals surface area contributed by atoms with Crippen molar-refractivity contribution in [1.29, 1.82) is 0 Å². The highest BCUT2D eigenvalue weighted by molar-refractivity contribution is 7.98. The molecule has 2 aliphatic rings. The van der Waals surface area contributed by atoms with E-state index in [1.165, 1.54) is 0 Å². The molecule has 2 amide bonds. The maximum atomic E-state index is 13.8. The molecule has 0 radical (unpaired) electrons. The number of fused-ring (bicyclic) bond motifs is 1. The Bertz CT molecular complexity index is 1150. The molecule has 0 spiro atoms. The third kappa shape index (κ3) is 3.45. The zero-order chi connectivity index (χ0) is 22.3. The van der Waals surface area contributed by atoms with Gasteiger partial charge in [-0.05, 0) is 68.5 Å². The van der Waals surface area contributed by atoms with Crippen LogP contribution in [0.1, 0.15) is 43.1 Å². The summed E-state index contributed by atoms with van der Waals surface area (Å²) in [5, 5.41) is 3.24. The number of carbonyl (C=O) groups is 2. The molecule has 1 aliphatic heterocycles. The highest BCUT2D eigenvalue weighted by Crippen LogP contribution is 2.37. The van der Waals surface area contributed by atoms with Gasteiger partial charge in [0, 0.05) is 16.6 Å². The van der Waals surface area contributed by atoms with Crippen LogP contribution in [0.2, 0.25) is 0 Å². The van der Waals surface area contributed by atoms with E-state index in [2.05, 4.69) is 5.32 Å². The predicted molar refractivity (Wildman–Crippen MR) is 126 cm³/mol. The third-order valence-corrected chi connectivity index (χ3v) is 7.35. The summed E-state index contributed by atoms with van der Waals surface area (Å²) in [4.78, 5) is 30.3. The molecule has 7 heteroatoms. The molecule has 3 aromatic rings. The van der Waals surface area contributed by atoms with Gasteiger partial charge in [0.25, 0.3) is 5.91 Å². The number of benzene rings is 1. The van der Waals surface area contributed by atoms with Crippen molar-refractivity contribution in [2.45, 2.75) is 55.6 Å². The molecule has 1 aliphatic carbocycles. The van der Waals surface area contributed by atoms with Crippen LogP contribution in [-0.2, 0) is 11.3 Å². The Labute approximate surface area is 192 Å². The van der Waals surface area contributed by atoms with Crippen molar-refractivity contribution in [3.63, 3.8) is 0 Å². The molecule has 1 aromatic carbocycles. The van der Waals surface area contributed by atoms with Crippen molar-refractivity contribution >= 4 is 29.3 Å². The summed E-state index contributed by atoms with van der Waals surface area (Å²) < 4.78 is 7.53. The summed E-state index contributed by atoms with van der Waals surface area (Å²) in [6.45, 7) is 2.22. The van der Waals surface area contributed by atoms with E-state index in [1.54, 1.807) is 22.9 Å². The summed E-state index contributed by atoms with van der Waals surface area (Å²) in [7, 11) is 0. The molecule has 32 heavy (non-hydrogen) atoms. The van der Waals surface area contributed by atoms with Crippen LogP contribution in [0.15, 0.2) is 64.1 Å². The van der Waals surface area contributed by atoms with E-state index < -0.39 is 5.54 Å². The van der Waals surface area contributed by atoms with Crippen LogP contribution < -0.4 is 10.2 Å². The molecule has 5 rings (SSSR count). The average molecular weight is 450 g/mol. The van der Waals surface area contributed by atoms with E-state index in [4.69, 9.17) is 4.42 Å². The quantitative estimate of drug-likeness (QED) is 0.560. The van der Waals surface area contributed by atoms with Crippen LogP contribution in [0.4, 0.5) is 5.69 Å². The number of thioether (sulfide) groups is 1. The predicted octanol–water partition coefficient (Wildman–Crippen LogP) is 4.95. The van der Waals surface area contributed by atoms with Gasteiger partial charge in [-0.3, -0.25) is 14.5 Å². The van der Waals surface area contributed by atoms with E-state index in [1.807, 2.05) is 66.3 Å². The van der Waals surface area contributed by atoms with Gasteiger partial charge in [-0.15, -0.1) is 11.8 Å². The number of hydrogen-bond acceptors (Lipinski definition) is 4. The standard InChI is InChI=1S/C25H27N3O3S/c1-25(24(30)26-17-7-3-4-8-17)16-27-20(22-11-6-14-31-22)12-13-21(27)23(29)28(25)18-9-5-10-19(15-18)32-2/h5-6,9-15,17H,3-4,7-8,16H2,1-2H3,(H,26,30). The monoisotopic (exact) mass is 449 g/mol. The van der Waals surface area contributed by atoms with Crippen LogP contribution in [-0.4, -0.2) is 34.2 Å². The molecule has 166 valence electrons. The highest BCUT2D eigenvalue weighted by Gasteiger charge is 2.49. The van der Waals surface area contributed by atoms with Crippen molar-refractivity contribution in [2.75, 3.05) is 11.2 Å². The molecule has 0 saturated heterocycles. The average Bonchev–Trinajstić information content (AvgIpc) is 3.55. The van der Waals surface area contributed by atoms with E-state index in [0.717, 1.165) is 42.0 Å². The van der Waals surface area contributed by atoms with Crippen LogP contribution in [0.5, 0.6) is 0 Å². The largest absolute Gasteiger partial charge is 0.463 e. The Hall–Kier alpha value is -2.93. The van der Waals surface area contributed by atoms with Crippen molar-refractivity contribution in [1.82, 2.24) is 9.88 Å². The second-order valence-electron chi connectivity index (χ2n) is 8.74. The summed E-state index contributed by atoms with van der Waals surface area (Å²) in [5.41, 5.74) is 1.01. The minimum Gasteiger partial charge on any atom is -0.463 e. The van der Waals surface area contributed by atoms with Gasteiger partial charge in [0.1, 0.15) is 17.0 Å². The smallest absolute Gasteiger partial charge is 0.275 e. The topological polar surface area (TPSA) is 67.5 Å². The lowest BCUT2D eigenvalue weighted by Gasteiger charge is -2.44. The van der Waals surface area contributed by atoms with E-state index in [-0.39, 0.29) is 17.9 Å². The summed E-state index contributed by atoms with van der Waals surface area (Å²) in [6, 6.07) is 15.4.